The van der Waals surface area contributed by atoms with Crippen LogP contribution in [-0.2, 0) is 0 Å². The van der Waals surface area contributed by atoms with E-state index < -0.39 is 0 Å². The lowest BCUT2D eigenvalue weighted by Crippen LogP contribution is -2.29. The molecule has 2 rings (SSSR count). The van der Waals surface area contributed by atoms with Crippen LogP contribution >= 0.6 is 0 Å². The van der Waals surface area contributed by atoms with E-state index in [9.17, 15) is 0 Å². The molecule has 74 valence electrons. The number of fused-ring (bicyclic) bond motifs is 1. The molecule has 1 atom stereocenters. The number of nitrogens with one attached hydrogen (secondary N) is 1. The minimum absolute atomic E-state index is 0.176. The van der Waals surface area contributed by atoms with Gasteiger partial charge < -0.3 is 10.3 Å². The fourth-order valence-corrected chi connectivity index (χ4v) is 1.75. The van der Waals surface area contributed by atoms with E-state index in [0.29, 0.717) is 6.54 Å². The van der Waals surface area contributed by atoms with Crippen molar-refractivity contribution < 1.29 is 0 Å². The zero-order valence-electron chi connectivity index (χ0n) is 8.27. The van der Waals surface area contributed by atoms with Gasteiger partial charge in [0.05, 0.1) is 6.17 Å². The maximum Gasteiger partial charge on any atom is 0.0961 e. The molecule has 0 bridgehead atoms. The van der Waals surface area contributed by atoms with Gasteiger partial charge in [0.1, 0.15) is 0 Å². The predicted octanol–water partition coefficient (Wildman–Crippen LogP) is 1.32. The highest BCUT2D eigenvalue weighted by Gasteiger charge is 2.07. The van der Waals surface area contributed by atoms with Gasteiger partial charge in [0.2, 0.25) is 0 Å². The Kier molecular flexibility index (Phi) is 2.52. The number of aromatic nitrogens is 1. The number of para-hydroxylation sites is 1. The molecule has 0 aliphatic heterocycles. The van der Waals surface area contributed by atoms with Crippen molar-refractivity contribution in [2.45, 2.75) is 6.17 Å². The van der Waals surface area contributed by atoms with E-state index in [1.807, 2.05) is 19.2 Å². The molecule has 0 saturated heterocycles. The molecule has 3 N–H and O–H groups in total. The number of nitrogens with two attached hydrogens (primary N) is 1. The van der Waals surface area contributed by atoms with Gasteiger partial charge in [-0.3, -0.25) is 5.32 Å². The van der Waals surface area contributed by atoms with Gasteiger partial charge in [-0.05, 0) is 24.6 Å². The van der Waals surface area contributed by atoms with Crippen molar-refractivity contribution in [3.05, 3.63) is 36.5 Å². The zero-order chi connectivity index (χ0) is 9.97. The topological polar surface area (TPSA) is 43.0 Å². The first-order valence-corrected chi connectivity index (χ1v) is 4.79. The molecule has 1 heterocycles. The third-order valence-corrected chi connectivity index (χ3v) is 2.52. The molecule has 0 aliphatic rings. The fraction of sp³-hybridized carbons (Fsp3) is 0.273. The van der Waals surface area contributed by atoms with Crippen molar-refractivity contribution in [2.24, 2.45) is 5.73 Å². The highest BCUT2D eigenvalue weighted by Crippen LogP contribution is 2.17. The molecule has 1 unspecified atom stereocenters. The molecule has 1 aromatic carbocycles. The molecule has 3 nitrogen and oxygen atoms in total. The number of benzene rings is 1. The highest BCUT2D eigenvalue weighted by atomic mass is 15.2. The Morgan fingerprint density at radius 3 is 2.86 bits per heavy atom. The molecular weight excluding hydrogens is 174 g/mol. The van der Waals surface area contributed by atoms with E-state index in [-0.39, 0.29) is 6.17 Å². The second-order valence-electron chi connectivity index (χ2n) is 3.32. The van der Waals surface area contributed by atoms with Gasteiger partial charge in [0.15, 0.2) is 0 Å². The van der Waals surface area contributed by atoms with Gasteiger partial charge >= 0.3 is 0 Å². The lowest BCUT2D eigenvalue weighted by molar-refractivity contribution is 0.460. The number of likely N-dealkylation sites (N-methyl/N-ethyl adjacent to an activating group) is 1. The molecule has 1 aromatic heterocycles. The SMILES string of the molecule is CNC(CN)n1ccc2ccccc21. The molecule has 2 aromatic rings. The first kappa shape index (κ1) is 9.24. The van der Waals surface area contributed by atoms with Crippen molar-refractivity contribution in [1.29, 1.82) is 0 Å². The second kappa shape index (κ2) is 3.82. The Labute approximate surface area is 83.5 Å². The standard InChI is InChI=1S/C11H15N3/c1-13-11(8-12)14-7-6-9-4-2-3-5-10(9)14/h2-7,11,13H,8,12H2,1H3. The van der Waals surface area contributed by atoms with Crippen molar-refractivity contribution in [3.8, 4) is 0 Å². The summed E-state index contributed by atoms with van der Waals surface area (Å²) in [5, 5.41) is 4.44. The van der Waals surface area contributed by atoms with E-state index in [4.69, 9.17) is 5.73 Å². The van der Waals surface area contributed by atoms with E-state index in [2.05, 4.69) is 34.3 Å². The predicted molar refractivity (Wildman–Crippen MR) is 59.1 cm³/mol. The zero-order valence-corrected chi connectivity index (χ0v) is 8.27. The van der Waals surface area contributed by atoms with Crippen LogP contribution in [0.15, 0.2) is 36.5 Å². The molecule has 0 saturated carbocycles. The van der Waals surface area contributed by atoms with Crippen LogP contribution in [0.5, 0.6) is 0 Å². The molecule has 0 fully saturated rings. The third kappa shape index (κ3) is 1.41. The summed E-state index contributed by atoms with van der Waals surface area (Å²) >= 11 is 0. The minimum Gasteiger partial charge on any atom is -0.330 e. The van der Waals surface area contributed by atoms with Crippen LogP contribution in [0.3, 0.4) is 0 Å². The molecule has 0 aliphatic carbocycles. The van der Waals surface area contributed by atoms with Crippen LogP contribution in [-0.4, -0.2) is 18.2 Å². The third-order valence-electron chi connectivity index (χ3n) is 2.52. The maximum absolute atomic E-state index is 5.68. The van der Waals surface area contributed by atoms with Crippen LogP contribution in [0.25, 0.3) is 10.9 Å². The van der Waals surface area contributed by atoms with Crippen LogP contribution < -0.4 is 11.1 Å². The molecule has 0 spiro atoms. The molecule has 0 amide bonds. The molecular formula is C11H15N3. The fourth-order valence-electron chi connectivity index (χ4n) is 1.75. The highest BCUT2D eigenvalue weighted by molar-refractivity contribution is 5.80. The van der Waals surface area contributed by atoms with Gasteiger partial charge in [0.25, 0.3) is 0 Å². The number of rotatable bonds is 3. The van der Waals surface area contributed by atoms with E-state index in [1.165, 1.54) is 10.9 Å². The summed E-state index contributed by atoms with van der Waals surface area (Å²) in [4.78, 5) is 0. The second-order valence-corrected chi connectivity index (χ2v) is 3.32. The van der Waals surface area contributed by atoms with Crippen molar-refractivity contribution in [2.75, 3.05) is 13.6 Å². The summed E-state index contributed by atoms with van der Waals surface area (Å²) in [5.74, 6) is 0. The molecule has 3 heteroatoms. The Balaban J connectivity index is 2.51. The largest absolute Gasteiger partial charge is 0.330 e. The summed E-state index contributed by atoms with van der Waals surface area (Å²) in [5.41, 5.74) is 6.90. The maximum atomic E-state index is 5.68. The normalized spacial score (nSPS) is 13.3. The summed E-state index contributed by atoms with van der Waals surface area (Å²) < 4.78 is 2.16. The minimum atomic E-state index is 0.176. The first-order chi connectivity index (χ1) is 6.86. The Hall–Kier alpha value is -1.32. The van der Waals surface area contributed by atoms with Crippen LogP contribution in [0.4, 0.5) is 0 Å². The van der Waals surface area contributed by atoms with E-state index >= 15 is 0 Å². The number of hydrogen-bond acceptors (Lipinski definition) is 2. The van der Waals surface area contributed by atoms with Gasteiger partial charge in [-0.15, -0.1) is 0 Å². The monoisotopic (exact) mass is 189 g/mol. The average molecular weight is 189 g/mol. The Morgan fingerprint density at radius 2 is 2.14 bits per heavy atom. The van der Waals surface area contributed by atoms with Gasteiger partial charge in [0, 0.05) is 18.3 Å². The van der Waals surface area contributed by atoms with Crippen LogP contribution in [0.2, 0.25) is 0 Å². The lowest BCUT2D eigenvalue weighted by atomic mass is 10.2. The summed E-state index contributed by atoms with van der Waals surface area (Å²) in [7, 11) is 1.92. The molecule has 0 radical (unpaired) electrons. The Bertz CT molecular complexity index is 415. The number of nitrogens with zero attached hydrogens (tertiary/aromatic N) is 1. The smallest absolute Gasteiger partial charge is 0.0961 e. The number of hydrogen-bond donors (Lipinski definition) is 2. The van der Waals surface area contributed by atoms with Crippen molar-refractivity contribution in [3.63, 3.8) is 0 Å². The summed E-state index contributed by atoms with van der Waals surface area (Å²) in [6, 6.07) is 10.4. The lowest BCUT2D eigenvalue weighted by Gasteiger charge is -2.17. The van der Waals surface area contributed by atoms with E-state index in [0.717, 1.165) is 0 Å². The van der Waals surface area contributed by atoms with Gasteiger partial charge in [-0.1, -0.05) is 18.2 Å². The van der Waals surface area contributed by atoms with Crippen LogP contribution in [0.1, 0.15) is 6.17 Å². The summed E-state index contributed by atoms with van der Waals surface area (Å²) in [6.07, 6.45) is 2.24. The van der Waals surface area contributed by atoms with Gasteiger partial charge in [-0.2, -0.15) is 0 Å². The quantitative estimate of drug-likeness (QED) is 0.764. The van der Waals surface area contributed by atoms with Crippen LogP contribution in [0, 0.1) is 0 Å². The van der Waals surface area contributed by atoms with Crippen molar-refractivity contribution >= 4 is 10.9 Å². The first-order valence-electron chi connectivity index (χ1n) is 4.79. The summed E-state index contributed by atoms with van der Waals surface area (Å²) in [6.45, 7) is 0.592. The average Bonchev–Trinajstić information content (AvgIpc) is 2.65. The Morgan fingerprint density at radius 1 is 1.36 bits per heavy atom. The van der Waals surface area contributed by atoms with Gasteiger partial charge in [-0.25, -0.2) is 0 Å². The molecule has 14 heavy (non-hydrogen) atoms. The van der Waals surface area contributed by atoms with E-state index in [1.54, 1.807) is 0 Å². The van der Waals surface area contributed by atoms with Crippen molar-refractivity contribution in [1.82, 2.24) is 9.88 Å².